The standard InChI is InChI=1S/C27H35ClN7O2P/c1-33(2)11-12-34-13-14-35-20(17-34)18-37-24-15-19(9-10-23(24)35)30-27-29-16-21(28)26(32-27)31-22-7-5-6-8-25(22)38(3,4)36/h5-10,15-16,20H,11-14,17-18H2,1-4H3,(H2,29,30,31,32)/t20-/m1/s1. The van der Waals surface area contributed by atoms with Crippen molar-refractivity contribution in [2.24, 2.45) is 0 Å². The van der Waals surface area contributed by atoms with E-state index in [2.05, 4.69) is 55.5 Å². The van der Waals surface area contributed by atoms with Crippen LogP contribution < -0.4 is 25.6 Å². The minimum atomic E-state index is -2.49. The quantitative estimate of drug-likeness (QED) is 0.395. The maximum atomic E-state index is 12.8. The number of rotatable bonds is 8. The Morgan fingerprint density at radius 2 is 1.97 bits per heavy atom. The van der Waals surface area contributed by atoms with E-state index in [1.54, 1.807) is 19.5 Å². The average Bonchev–Trinajstić information content (AvgIpc) is 2.88. The van der Waals surface area contributed by atoms with Crippen molar-refractivity contribution in [3.63, 3.8) is 0 Å². The molecule has 0 unspecified atom stereocenters. The van der Waals surface area contributed by atoms with Crippen molar-refractivity contribution in [1.82, 2.24) is 19.8 Å². The first-order valence-corrected chi connectivity index (χ1v) is 15.8. The van der Waals surface area contributed by atoms with Crippen LogP contribution in [0.3, 0.4) is 0 Å². The topological polar surface area (TPSA) is 85.9 Å². The molecule has 0 aliphatic carbocycles. The van der Waals surface area contributed by atoms with E-state index >= 15 is 0 Å². The molecule has 1 atom stereocenters. The molecule has 11 heteroatoms. The number of likely N-dealkylation sites (N-methyl/N-ethyl adjacent to an activating group) is 1. The number of aromatic nitrogens is 2. The molecule has 3 aromatic rings. The lowest BCUT2D eigenvalue weighted by atomic mass is 10.1. The summed E-state index contributed by atoms with van der Waals surface area (Å²) in [7, 11) is 1.74. The number of nitrogens with one attached hydrogen (secondary N) is 2. The fourth-order valence-corrected chi connectivity index (χ4v) is 6.17. The van der Waals surface area contributed by atoms with Crippen LogP contribution in [-0.2, 0) is 4.57 Å². The lowest BCUT2D eigenvalue weighted by Gasteiger charge is -2.45. The van der Waals surface area contributed by atoms with Gasteiger partial charge in [-0.3, -0.25) is 4.90 Å². The van der Waals surface area contributed by atoms with E-state index in [9.17, 15) is 4.57 Å². The van der Waals surface area contributed by atoms with Gasteiger partial charge in [-0.25, -0.2) is 4.98 Å². The Hall–Kier alpha value is -2.84. The number of fused-ring (bicyclic) bond motifs is 3. The molecule has 1 aromatic heterocycles. The molecular weight excluding hydrogens is 521 g/mol. The zero-order valence-corrected chi connectivity index (χ0v) is 24.0. The van der Waals surface area contributed by atoms with Gasteiger partial charge in [0, 0.05) is 49.8 Å². The van der Waals surface area contributed by atoms with Gasteiger partial charge in [0.25, 0.3) is 0 Å². The molecule has 3 heterocycles. The molecule has 38 heavy (non-hydrogen) atoms. The molecule has 0 saturated carbocycles. The fourth-order valence-electron chi connectivity index (χ4n) is 4.88. The smallest absolute Gasteiger partial charge is 0.229 e. The zero-order chi connectivity index (χ0) is 26.9. The Morgan fingerprint density at radius 3 is 2.76 bits per heavy atom. The van der Waals surface area contributed by atoms with Crippen LogP contribution in [0.15, 0.2) is 48.7 Å². The summed E-state index contributed by atoms with van der Waals surface area (Å²) >= 11 is 6.41. The van der Waals surface area contributed by atoms with Gasteiger partial charge < -0.3 is 29.7 Å². The summed E-state index contributed by atoms with van der Waals surface area (Å²) in [4.78, 5) is 16.2. The van der Waals surface area contributed by atoms with Crippen molar-refractivity contribution in [2.75, 3.05) is 82.3 Å². The summed E-state index contributed by atoms with van der Waals surface area (Å²) in [6.07, 6.45) is 1.55. The highest BCUT2D eigenvalue weighted by Gasteiger charge is 2.32. The maximum Gasteiger partial charge on any atom is 0.229 e. The van der Waals surface area contributed by atoms with Crippen LogP contribution >= 0.6 is 18.7 Å². The normalized spacial score (nSPS) is 17.5. The molecule has 202 valence electrons. The first-order chi connectivity index (χ1) is 18.2. The molecule has 0 bridgehead atoms. The number of hydrogen-bond donors (Lipinski definition) is 2. The van der Waals surface area contributed by atoms with E-state index in [0.29, 0.717) is 35.1 Å². The van der Waals surface area contributed by atoms with Gasteiger partial charge in [0.05, 0.1) is 23.6 Å². The van der Waals surface area contributed by atoms with Gasteiger partial charge in [0.15, 0.2) is 5.82 Å². The highest BCUT2D eigenvalue weighted by atomic mass is 35.5. The molecule has 0 spiro atoms. The van der Waals surface area contributed by atoms with Crippen LogP contribution in [0.2, 0.25) is 5.02 Å². The summed E-state index contributed by atoms with van der Waals surface area (Å²) in [5, 5.41) is 7.63. The molecule has 2 aromatic carbocycles. The Kier molecular flexibility index (Phi) is 7.82. The second-order valence-corrected chi connectivity index (χ2v) is 14.0. The number of nitrogens with zero attached hydrogens (tertiary/aromatic N) is 5. The van der Waals surface area contributed by atoms with Crippen molar-refractivity contribution in [2.45, 2.75) is 6.04 Å². The lowest BCUT2D eigenvalue weighted by Crippen LogP contribution is -2.57. The molecule has 2 N–H and O–H groups in total. The van der Waals surface area contributed by atoms with Crippen molar-refractivity contribution < 1.29 is 9.30 Å². The van der Waals surface area contributed by atoms with Gasteiger partial charge in [-0.05, 0) is 51.7 Å². The summed E-state index contributed by atoms with van der Waals surface area (Å²) < 4.78 is 19.0. The second kappa shape index (κ2) is 11.1. The number of para-hydroxylation sites is 1. The number of anilines is 5. The van der Waals surface area contributed by atoms with E-state index in [-0.39, 0.29) is 0 Å². The largest absolute Gasteiger partial charge is 0.489 e. The van der Waals surface area contributed by atoms with Crippen molar-refractivity contribution in [3.05, 3.63) is 53.7 Å². The predicted octanol–water partition coefficient (Wildman–Crippen LogP) is 4.31. The summed E-state index contributed by atoms with van der Waals surface area (Å²) in [5.41, 5.74) is 2.66. The average molecular weight is 556 g/mol. The summed E-state index contributed by atoms with van der Waals surface area (Å²) in [6.45, 7) is 9.34. The fraction of sp³-hybridized carbons (Fsp3) is 0.407. The van der Waals surface area contributed by atoms with Crippen LogP contribution in [-0.4, -0.2) is 92.6 Å². The monoisotopic (exact) mass is 555 g/mol. The summed E-state index contributed by atoms with van der Waals surface area (Å²) in [5.74, 6) is 1.69. The second-order valence-electron chi connectivity index (χ2n) is 10.5. The Morgan fingerprint density at radius 1 is 1.16 bits per heavy atom. The van der Waals surface area contributed by atoms with E-state index in [0.717, 1.165) is 55.2 Å². The first kappa shape index (κ1) is 26.8. The van der Waals surface area contributed by atoms with Crippen LogP contribution in [0, 0.1) is 0 Å². The third kappa shape index (κ3) is 6.07. The predicted molar refractivity (Wildman–Crippen MR) is 157 cm³/mol. The summed E-state index contributed by atoms with van der Waals surface area (Å²) in [6, 6.07) is 14.0. The van der Waals surface area contributed by atoms with Crippen molar-refractivity contribution >= 4 is 52.9 Å². The maximum absolute atomic E-state index is 12.8. The van der Waals surface area contributed by atoms with E-state index < -0.39 is 7.14 Å². The van der Waals surface area contributed by atoms with Crippen LogP contribution in [0.4, 0.5) is 28.8 Å². The third-order valence-corrected chi connectivity index (χ3v) is 8.70. The molecule has 1 fully saturated rings. The lowest BCUT2D eigenvalue weighted by molar-refractivity contribution is 0.158. The van der Waals surface area contributed by atoms with Gasteiger partial charge in [-0.1, -0.05) is 23.7 Å². The van der Waals surface area contributed by atoms with Crippen molar-refractivity contribution in [1.29, 1.82) is 0 Å². The number of benzene rings is 2. The van der Waals surface area contributed by atoms with Gasteiger partial charge in [-0.2, -0.15) is 4.98 Å². The molecule has 2 aliphatic rings. The van der Waals surface area contributed by atoms with E-state index in [4.69, 9.17) is 16.3 Å². The zero-order valence-electron chi connectivity index (χ0n) is 22.3. The molecule has 2 aliphatic heterocycles. The van der Waals surface area contributed by atoms with Gasteiger partial charge >= 0.3 is 0 Å². The van der Waals surface area contributed by atoms with Gasteiger partial charge in [0.2, 0.25) is 5.95 Å². The Labute approximate surface area is 229 Å². The molecule has 9 nitrogen and oxygen atoms in total. The first-order valence-electron chi connectivity index (χ1n) is 12.8. The Bertz CT molecular complexity index is 1350. The molecule has 0 amide bonds. The number of hydrogen-bond acceptors (Lipinski definition) is 9. The molecule has 0 radical (unpaired) electrons. The van der Waals surface area contributed by atoms with Crippen molar-refractivity contribution in [3.8, 4) is 5.75 Å². The van der Waals surface area contributed by atoms with E-state index in [1.807, 2.05) is 36.4 Å². The minimum Gasteiger partial charge on any atom is -0.489 e. The Balaban J connectivity index is 1.29. The highest BCUT2D eigenvalue weighted by Crippen LogP contribution is 2.39. The van der Waals surface area contributed by atoms with Gasteiger partial charge in [-0.15, -0.1) is 0 Å². The highest BCUT2D eigenvalue weighted by molar-refractivity contribution is 7.70. The van der Waals surface area contributed by atoms with E-state index in [1.165, 1.54) is 0 Å². The number of piperazine rings is 1. The molecule has 5 rings (SSSR count). The van der Waals surface area contributed by atoms with Crippen LogP contribution in [0.1, 0.15) is 0 Å². The molecular formula is C27H35ClN7O2P. The SMILES string of the molecule is CN(C)CCN1CCN2c3ccc(Nc4ncc(Cl)c(Nc5ccccc5P(C)(C)=O)n4)cc3OC[C@H]2C1. The molecule has 1 saturated heterocycles. The number of ether oxygens (including phenoxy) is 1. The van der Waals surface area contributed by atoms with Gasteiger partial charge in [0.1, 0.15) is 24.5 Å². The third-order valence-electron chi connectivity index (χ3n) is 6.87. The minimum absolute atomic E-state index is 0.356. The van der Waals surface area contributed by atoms with Crippen LogP contribution in [0.5, 0.6) is 5.75 Å². The number of halogens is 1. The van der Waals surface area contributed by atoms with Crippen LogP contribution in [0.25, 0.3) is 0 Å².